The molecule has 0 unspecified atom stereocenters. The molecule has 0 aliphatic heterocycles. The van der Waals surface area contributed by atoms with Crippen LogP contribution in [0.4, 0.5) is 11.4 Å². The molecule has 0 aliphatic rings. The fourth-order valence-electron chi connectivity index (χ4n) is 3.15. The van der Waals surface area contributed by atoms with Crippen molar-refractivity contribution in [3.05, 3.63) is 71.2 Å². The van der Waals surface area contributed by atoms with Gasteiger partial charge in [0.15, 0.2) is 0 Å². The Morgan fingerprint density at radius 1 is 0.941 bits per heavy atom. The Hall–Kier alpha value is -3.24. The predicted molar refractivity (Wildman–Crippen MR) is 134 cm³/mol. The first-order valence-electron chi connectivity index (χ1n) is 10.3. The summed E-state index contributed by atoms with van der Waals surface area (Å²) in [5.41, 5.74) is 0.712. The largest absolute Gasteiger partial charge is 0.497 e. The van der Waals surface area contributed by atoms with Gasteiger partial charge in [0.25, 0.3) is 10.0 Å². The van der Waals surface area contributed by atoms with Crippen molar-refractivity contribution < 1.29 is 27.4 Å². The number of nitrogens with zero attached hydrogens (tertiary/aromatic N) is 1. The van der Waals surface area contributed by atoms with Gasteiger partial charge in [-0.3, -0.25) is 9.10 Å². The number of benzene rings is 3. The van der Waals surface area contributed by atoms with Gasteiger partial charge in [-0.25, -0.2) is 8.42 Å². The average molecular weight is 549 g/mol. The average Bonchev–Trinajstić information content (AvgIpc) is 2.84. The number of amides is 1. The second-order valence-corrected chi connectivity index (χ2v) is 9.78. The maximum Gasteiger partial charge on any atom is 0.264 e. The van der Waals surface area contributed by atoms with Gasteiger partial charge in [-0.2, -0.15) is 0 Å². The van der Waals surface area contributed by atoms with E-state index in [4.69, 9.17) is 14.2 Å². The van der Waals surface area contributed by atoms with Crippen molar-refractivity contribution in [3.63, 3.8) is 0 Å². The van der Waals surface area contributed by atoms with Gasteiger partial charge in [-0.1, -0.05) is 15.9 Å². The van der Waals surface area contributed by atoms with Crippen LogP contribution in [0.2, 0.25) is 0 Å². The number of rotatable bonds is 10. The van der Waals surface area contributed by atoms with Crippen LogP contribution in [0.1, 0.15) is 6.92 Å². The summed E-state index contributed by atoms with van der Waals surface area (Å²) in [7, 11) is -1.06. The molecular formula is C24H25BrN2O6S. The number of carbonyl (C=O) groups excluding carboxylic acids is 1. The second-order valence-electron chi connectivity index (χ2n) is 7.01. The number of hydrogen-bond acceptors (Lipinski definition) is 6. The van der Waals surface area contributed by atoms with Crippen LogP contribution in [0.25, 0.3) is 0 Å². The van der Waals surface area contributed by atoms with E-state index in [9.17, 15) is 13.2 Å². The molecular weight excluding hydrogens is 524 g/mol. The number of ether oxygens (including phenoxy) is 3. The van der Waals surface area contributed by atoms with Crippen molar-refractivity contribution in [2.24, 2.45) is 0 Å². The number of sulfonamides is 1. The normalized spacial score (nSPS) is 10.9. The fourth-order valence-corrected chi connectivity index (χ4v) is 4.83. The lowest BCUT2D eigenvalue weighted by molar-refractivity contribution is -0.114. The summed E-state index contributed by atoms with van der Waals surface area (Å²) in [4.78, 5) is 13.0. The van der Waals surface area contributed by atoms with Gasteiger partial charge in [0.05, 0.1) is 37.1 Å². The highest BCUT2D eigenvalue weighted by Gasteiger charge is 2.27. The monoisotopic (exact) mass is 548 g/mol. The molecule has 0 bridgehead atoms. The first kappa shape index (κ1) is 25.4. The van der Waals surface area contributed by atoms with Crippen molar-refractivity contribution in [1.82, 2.24) is 0 Å². The molecule has 1 N–H and O–H groups in total. The summed E-state index contributed by atoms with van der Waals surface area (Å²) < 4.78 is 44.8. The van der Waals surface area contributed by atoms with Gasteiger partial charge in [0.1, 0.15) is 23.8 Å². The van der Waals surface area contributed by atoms with Crippen molar-refractivity contribution in [1.29, 1.82) is 0 Å². The number of methoxy groups -OCH3 is 2. The zero-order chi connectivity index (χ0) is 24.7. The Morgan fingerprint density at radius 2 is 1.59 bits per heavy atom. The van der Waals surface area contributed by atoms with Crippen LogP contribution in [0.3, 0.4) is 0 Å². The van der Waals surface area contributed by atoms with Crippen molar-refractivity contribution in [2.45, 2.75) is 11.8 Å². The van der Waals surface area contributed by atoms with Crippen LogP contribution < -0.4 is 23.8 Å². The van der Waals surface area contributed by atoms with Crippen molar-refractivity contribution in [3.8, 4) is 17.2 Å². The number of carbonyl (C=O) groups is 1. The number of nitrogens with one attached hydrogen (secondary N) is 1. The zero-order valence-corrected chi connectivity index (χ0v) is 21.4. The molecule has 0 aromatic heterocycles. The minimum absolute atomic E-state index is 0.0550. The molecule has 0 fully saturated rings. The second kappa shape index (κ2) is 11.3. The molecule has 0 saturated carbocycles. The molecule has 10 heteroatoms. The summed E-state index contributed by atoms with van der Waals surface area (Å²) >= 11 is 3.31. The minimum atomic E-state index is -4.05. The molecule has 180 valence electrons. The molecule has 0 saturated heterocycles. The van der Waals surface area contributed by atoms with E-state index >= 15 is 0 Å². The SMILES string of the molecule is CCOc1ccc(N(CC(=O)Nc2ccc(OC)cc2OC)S(=O)(=O)c2ccc(Br)cc2)cc1. The van der Waals surface area contributed by atoms with Gasteiger partial charge in [0.2, 0.25) is 5.91 Å². The fraction of sp³-hybridized carbons (Fsp3) is 0.208. The first-order valence-corrected chi connectivity index (χ1v) is 12.5. The van der Waals surface area contributed by atoms with E-state index in [1.165, 1.54) is 26.4 Å². The third-order valence-electron chi connectivity index (χ3n) is 4.81. The standard InChI is InChI=1S/C24H25BrN2O6S/c1-4-33-19-9-7-18(8-10-19)27(34(29,30)21-12-5-17(25)6-13-21)16-24(28)26-22-14-11-20(31-2)15-23(22)32-3/h5-15H,4,16H2,1-3H3,(H,26,28). The van der Waals surface area contributed by atoms with Gasteiger partial charge < -0.3 is 19.5 Å². The minimum Gasteiger partial charge on any atom is -0.497 e. The van der Waals surface area contributed by atoms with E-state index in [2.05, 4.69) is 21.2 Å². The number of halogens is 1. The highest BCUT2D eigenvalue weighted by molar-refractivity contribution is 9.10. The third-order valence-corrected chi connectivity index (χ3v) is 7.12. The van der Waals surface area contributed by atoms with Crippen LogP contribution >= 0.6 is 15.9 Å². The van der Waals surface area contributed by atoms with E-state index in [0.717, 1.165) is 8.78 Å². The Kier molecular flexibility index (Phi) is 8.41. The summed E-state index contributed by atoms with van der Waals surface area (Å²) in [6.45, 7) is 1.88. The van der Waals surface area contributed by atoms with Gasteiger partial charge >= 0.3 is 0 Å². The summed E-state index contributed by atoms with van der Waals surface area (Å²) in [6.07, 6.45) is 0. The molecule has 3 aromatic carbocycles. The molecule has 3 rings (SSSR count). The summed E-state index contributed by atoms with van der Waals surface area (Å²) in [5.74, 6) is 0.998. The zero-order valence-electron chi connectivity index (χ0n) is 18.9. The van der Waals surface area contributed by atoms with Crippen LogP contribution in [0.5, 0.6) is 17.2 Å². The lowest BCUT2D eigenvalue weighted by Crippen LogP contribution is -2.38. The van der Waals surface area contributed by atoms with Crippen LogP contribution in [-0.2, 0) is 14.8 Å². The van der Waals surface area contributed by atoms with Crippen LogP contribution in [0, 0.1) is 0 Å². The molecule has 0 aliphatic carbocycles. The first-order chi connectivity index (χ1) is 16.3. The molecule has 0 heterocycles. The molecule has 1 amide bonds. The van der Waals surface area contributed by atoms with E-state index < -0.39 is 22.5 Å². The lowest BCUT2D eigenvalue weighted by Gasteiger charge is -2.24. The van der Waals surface area contributed by atoms with Gasteiger partial charge in [-0.15, -0.1) is 0 Å². The van der Waals surface area contributed by atoms with Crippen LogP contribution in [0.15, 0.2) is 76.1 Å². The molecule has 0 radical (unpaired) electrons. The van der Waals surface area contributed by atoms with Gasteiger partial charge in [0, 0.05) is 10.5 Å². The highest BCUT2D eigenvalue weighted by atomic mass is 79.9. The molecule has 34 heavy (non-hydrogen) atoms. The lowest BCUT2D eigenvalue weighted by atomic mass is 10.2. The smallest absolute Gasteiger partial charge is 0.264 e. The molecule has 8 nitrogen and oxygen atoms in total. The Balaban J connectivity index is 1.93. The Morgan fingerprint density at radius 3 is 2.18 bits per heavy atom. The van der Waals surface area contributed by atoms with Gasteiger partial charge in [-0.05, 0) is 67.6 Å². The van der Waals surface area contributed by atoms with Crippen molar-refractivity contribution in [2.75, 3.05) is 37.0 Å². The highest BCUT2D eigenvalue weighted by Crippen LogP contribution is 2.30. The molecule has 0 atom stereocenters. The summed E-state index contributed by atoms with van der Waals surface area (Å²) in [6, 6.07) is 17.7. The predicted octanol–water partition coefficient (Wildman–Crippen LogP) is 4.70. The maximum absolute atomic E-state index is 13.5. The third kappa shape index (κ3) is 6.00. The van der Waals surface area contributed by atoms with E-state index in [-0.39, 0.29) is 4.90 Å². The number of anilines is 2. The van der Waals surface area contributed by atoms with E-state index in [0.29, 0.717) is 35.2 Å². The topological polar surface area (TPSA) is 94.2 Å². The summed E-state index contributed by atoms with van der Waals surface area (Å²) in [5, 5.41) is 2.72. The maximum atomic E-state index is 13.5. The van der Waals surface area contributed by atoms with E-state index in [1.807, 2.05) is 6.92 Å². The van der Waals surface area contributed by atoms with E-state index in [1.54, 1.807) is 54.6 Å². The number of hydrogen-bond donors (Lipinski definition) is 1. The van der Waals surface area contributed by atoms with Crippen molar-refractivity contribution >= 4 is 43.2 Å². The molecule has 3 aromatic rings. The quantitative estimate of drug-likeness (QED) is 0.394. The molecule has 0 spiro atoms. The van der Waals surface area contributed by atoms with Crippen LogP contribution in [-0.4, -0.2) is 41.7 Å². The Bertz CT molecular complexity index is 1230. The Labute approximate surface area is 207 Å².